The molecule has 0 heterocycles. The van der Waals surface area contributed by atoms with Gasteiger partial charge in [-0.2, -0.15) is 5.10 Å². The average Bonchev–Trinajstić information content (AvgIpc) is 2.67. The van der Waals surface area contributed by atoms with Crippen LogP contribution in [0.15, 0.2) is 77.9 Å². The molecule has 3 aromatic carbocycles. The van der Waals surface area contributed by atoms with E-state index >= 15 is 0 Å². The zero-order chi connectivity index (χ0) is 18.4. The molecule has 0 aliphatic heterocycles. The summed E-state index contributed by atoms with van der Waals surface area (Å²) in [6, 6.07) is 23.6. The highest BCUT2D eigenvalue weighted by Gasteiger charge is 2.09. The normalized spacial score (nSPS) is 11.6. The van der Waals surface area contributed by atoms with Gasteiger partial charge in [-0.15, -0.1) is 0 Å². The predicted molar refractivity (Wildman–Crippen MR) is 105 cm³/mol. The number of fused-ring (bicyclic) bond motifs is 1. The summed E-state index contributed by atoms with van der Waals surface area (Å²) < 4.78 is 5.59. The van der Waals surface area contributed by atoms with Crippen LogP contribution in [0.5, 0.6) is 5.75 Å². The highest BCUT2D eigenvalue weighted by atomic mass is 16.5. The van der Waals surface area contributed by atoms with Crippen LogP contribution in [0.4, 0.5) is 0 Å². The molecule has 1 N–H and O–H groups in total. The molecule has 4 nitrogen and oxygen atoms in total. The van der Waals surface area contributed by atoms with Gasteiger partial charge < -0.3 is 4.74 Å². The Morgan fingerprint density at radius 3 is 2.38 bits per heavy atom. The molecule has 26 heavy (non-hydrogen) atoms. The van der Waals surface area contributed by atoms with E-state index < -0.39 is 0 Å². The van der Waals surface area contributed by atoms with Gasteiger partial charge in [0.15, 0.2) is 6.61 Å². The molecule has 0 aliphatic carbocycles. The molecule has 0 aromatic heterocycles. The fourth-order valence-electron chi connectivity index (χ4n) is 2.70. The minimum Gasteiger partial charge on any atom is -0.484 e. The number of hydrogen-bond donors (Lipinski definition) is 1. The molecule has 0 bridgehead atoms. The first kappa shape index (κ1) is 17.7. The quantitative estimate of drug-likeness (QED) is 0.531. The molecule has 3 aromatic rings. The number of benzene rings is 3. The third-order valence-electron chi connectivity index (χ3n) is 4.01. The summed E-state index contributed by atoms with van der Waals surface area (Å²) in [5, 5.41) is 6.51. The maximum atomic E-state index is 12.1. The molecule has 0 radical (unpaired) electrons. The van der Waals surface area contributed by atoms with Crippen LogP contribution in [0.25, 0.3) is 10.8 Å². The first-order valence-electron chi connectivity index (χ1n) is 8.67. The lowest BCUT2D eigenvalue weighted by Gasteiger charge is -2.11. The number of ether oxygens (including phenoxy) is 1. The van der Waals surface area contributed by atoms with Crippen molar-refractivity contribution in [3.05, 3.63) is 78.4 Å². The largest absolute Gasteiger partial charge is 0.484 e. The van der Waals surface area contributed by atoms with Gasteiger partial charge in [0.1, 0.15) is 5.75 Å². The Labute approximate surface area is 153 Å². The van der Waals surface area contributed by atoms with Crippen molar-refractivity contribution in [2.45, 2.75) is 13.8 Å². The molecule has 3 rings (SSSR count). The van der Waals surface area contributed by atoms with E-state index in [1.165, 1.54) is 0 Å². The molecule has 0 fully saturated rings. The molecule has 4 heteroatoms. The Hall–Kier alpha value is -3.14. The number of carbonyl (C=O) groups excluding carboxylic acids is 1. The van der Waals surface area contributed by atoms with Crippen LogP contribution in [0.2, 0.25) is 0 Å². The van der Waals surface area contributed by atoms with Crippen LogP contribution in [0.3, 0.4) is 0 Å². The van der Waals surface area contributed by atoms with Crippen LogP contribution < -0.4 is 10.2 Å². The fourth-order valence-corrected chi connectivity index (χ4v) is 2.70. The second-order valence-corrected chi connectivity index (χ2v) is 6.35. The smallest absolute Gasteiger partial charge is 0.277 e. The number of carbonyl (C=O) groups is 1. The van der Waals surface area contributed by atoms with Crippen molar-refractivity contribution in [3.63, 3.8) is 0 Å². The molecular weight excluding hydrogens is 324 g/mol. The summed E-state index contributed by atoms with van der Waals surface area (Å²) in [6.07, 6.45) is 0. The third-order valence-corrected chi connectivity index (χ3v) is 4.01. The molecule has 0 saturated heterocycles. The van der Waals surface area contributed by atoms with Crippen LogP contribution in [-0.4, -0.2) is 18.2 Å². The predicted octanol–water partition coefficient (Wildman–Crippen LogP) is 4.40. The second-order valence-electron chi connectivity index (χ2n) is 6.35. The molecule has 132 valence electrons. The Bertz CT molecular complexity index is 918. The minimum absolute atomic E-state index is 0.0813. The van der Waals surface area contributed by atoms with Gasteiger partial charge in [0, 0.05) is 0 Å². The molecule has 1 amide bonds. The second kappa shape index (κ2) is 8.30. The molecule has 0 aliphatic rings. The van der Waals surface area contributed by atoms with Gasteiger partial charge in [-0.1, -0.05) is 74.5 Å². The van der Waals surface area contributed by atoms with Crippen molar-refractivity contribution in [3.8, 4) is 5.75 Å². The number of amides is 1. The van der Waals surface area contributed by atoms with Gasteiger partial charge in [-0.3, -0.25) is 4.79 Å². The summed E-state index contributed by atoms with van der Waals surface area (Å²) in [5.41, 5.74) is 4.43. The van der Waals surface area contributed by atoms with E-state index in [1.54, 1.807) is 0 Å². The molecule has 0 unspecified atom stereocenters. The Morgan fingerprint density at radius 1 is 0.962 bits per heavy atom. The summed E-state index contributed by atoms with van der Waals surface area (Å²) in [7, 11) is 0. The highest BCUT2D eigenvalue weighted by Crippen LogP contribution is 2.20. The van der Waals surface area contributed by atoms with Crippen LogP contribution in [0.1, 0.15) is 19.4 Å². The number of nitrogens with one attached hydrogen (secondary N) is 1. The molecule has 0 spiro atoms. The molecule has 0 atom stereocenters. The van der Waals surface area contributed by atoms with E-state index in [-0.39, 0.29) is 18.4 Å². The van der Waals surface area contributed by atoms with Crippen molar-refractivity contribution < 1.29 is 9.53 Å². The van der Waals surface area contributed by atoms with Gasteiger partial charge in [0.2, 0.25) is 0 Å². The lowest BCUT2D eigenvalue weighted by Crippen LogP contribution is -2.27. The van der Waals surface area contributed by atoms with E-state index in [0.29, 0.717) is 5.75 Å². The van der Waals surface area contributed by atoms with E-state index in [9.17, 15) is 4.79 Å². The minimum atomic E-state index is -0.285. The van der Waals surface area contributed by atoms with Crippen molar-refractivity contribution >= 4 is 22.4 Å². The van der Waals surface area contributed by atoms with Crippen molar-refractivity contribution in [2.24, 2.45) is 11.0 Å². The van der Waals surface area contributed by atoms with Crippen LogP contribution in [-0.2, 0) is 4.79 Å². The number of hydrogen-bond acceptors (Lipinski definition) is 3. The maximum Gasteiger partial charge on any atom is 0.277 e. The maximum absolute atomic E-state index is 12.1. The standard InChI is InChI=1S/C22H22N2O2/c1-16(2)22(18-9-4-3-5-10-18)24-23-21(25)15-26-20-13-12-17-8-6-7-11-19(17)14-20/h3-14,16H,15H2,1-2H3,(H,23,25)/b24-22-. The molecular formula is C22H22N2O2. The van der Waals surface area contributed by atoms with Crippen molar-refractivity contribution in [1.82, 2.24) is 5.43 Å². The Balaban J connectivity index is 1.62. The molecule has 0 saturated carbocycles. The van der Waals surface area contributed by atoms with E-state index in [1.807, 2.05) is 86.6 Å². The monoisotopic (exact) mass is 346 g/mol. The fraction of sp³-hybridized carbons (Fsp3) is 0.182. The topological polar surface area (TPSA) is 50.7 Å². The Morgan fingerprint density at radius 2 is 1.65 bits per heavy atom. The summed E-state index contributed by atoms with van der Waals surface area (Å²) in [4.78, 5) is 12.1. The Kier molecular flexibility index (Phi) is 5.64. The SMILES string of the molecule is CC(C)/C(=N/NC(=O)COc1ccc2ccccc2c1)c1ccccc1. The zero-order valence-electron chi connectivity index (χ0n) is 15.0. The number of nitrogens with zero attached hydrogens (tertiary/aromatic N) is 1. The van der Waals surface area contributed by atoms with Crippen LogP contribution >= 0.6 is 0 Å². The van der Waals surface area contributed by atoms with Crippen LogP contribution in [0, 0.1) is 5.92 Å². The van der Waals surface area contributed by atoms with Gasteiger partial charge in [0.25, 0.3) is 5.91 Å². The lowest BCUT2D eigenvalue weighted by atomic mass is 10.0. The first-order chi connectivity index (χ1) is 12.6. The van der Waals surface area contributed by atoms with Gasteiger partial charge >= 0.3 is 0 Å². The van der Waals surface area contributed by atoms with Crippen molar-refractivity contribution in [2.75, 3.05) is 6.61 Å². The van der Waals surface area contributed by atoms with E-state index in [4.69, 9.17) is 4.74 Å². The summed E-state index contributed by atoms with van der Waals surface area (Å²) >= 11 is 0. The van der Waals surface area contributed by atoms with E-state index in [0.717, 1.165) is 22.0 Å². The van der Waals surface area contributed by atoms with Gasteiger partial charge in [0.05, 0.1) is 5.71 Å². The van der Waals surface area contributed by atoms with Gasteiger partial charge in [-0.05, 0) is 34.4 Å². The lowest BCUT2D eigenvalue weighted by molar-refractivity contribution is -0.123. The van der Waals surface area contributed by atoms with Gasteiger partial charge in [-0.25, -0.2) is 5.43 Å². The first-order valence-corrected chi connectivity index (χ1v) is 8.67. The number of rotatable bonds is 6. The van der Waals surface area contributed by atoms with E-state index in [2.05, 4.69) is 10.5 Å². The highest BCUT2D eigenvalue weighted by molar-refractivity contribution is 6.02. The zero-order valence-corrected chi connectivity index (χ0v) is 15.0. The third kappa shape index (κ3) is 4.48. The average molecular weight is 346 g/mol. The summed E-state index contributed by atoms with van der Waals surface area (Å²) in [5.74, 6) is 0.571. The number of hydrazone groups is 1. The summed E-state index contributed by atoms with van der Waals surface area (Å²) in [6.45, 7) is 4.01. The van der Waals surface area contributed by atoms with Crippen molar-refractivity contribution in [1.29, 1.82) is 0 Å².